The van der Waals surface area contributed by atoms with E-state index in [9.17, 15) is 24.3 Å². The van der Waals surface area contributed by atoms with Crippen molar-refractivity contribution in [3.05, 3.63) is 177 Å². The van der Waals surface area contributed by atoms with E-state index >= 15 is 0 Å². The van der Waals surface area contributed by atoms with E-state index in [2.05, 4.69) is 34.2 Å². The lowest BCUT2D eigenvalue weighted by Crippen LogP contribution is -2.29. The van der Waals surface area contributed by atoms with Gasteiger partial charge in [-0.3, -0.25) is 19.2 Å². The monoisotopic (exact) mass is 870 g/mol. The van der Waals surface area contributed by atoms with Gasteiger partial charge in [-0.15, -0.1) is 10.2 Å². The van der Waals surface area contributed by atoms with Gasteiger partial charge in [0.2, 0.25) is 5.89 Å². The molecule has 314 valence electrons. The maximum Gasteiger partial charge on any atom is 0.332 e. The molecule has 0 saturated carbocycles. The lowest BCUT2D eigenvalue weighted by Gasteiger charge is -2.26. The molecule has 64 heavy (non-hydrogen) atoms. The first kappa shape index (κ1) is 39.8. The molecule has 4 amide bonds. The second kappa shape index (κ2) is 15.6. The highest BCUT2D eigenvalue weighted by molar-refractivity contribution is 6.35. The zero-order valence-corrected chi connectivity index (χ0v) is 34.4. The molecule has 0 radical (unpaired) electrons. The lowest BCUT2D eigenvalue weighted by atomic mass is 9.78. The molecule has 0 saturated heterocycles. The van der Waals surface area contributed by atoms with Crippen molar-refractivity contribution < 1.29 is 42.6 Å². The number of rotatable bonds is 11. The average Bonchev–Trinajstić information content (AvgIpc) is 4.09. The topological polar surface area (TPSA) is 191 Å². The summed E-state index contributed by atoms with van der Waals surface area (Å²) < 4.78 is 23.6. The summed E-state index contributed by atoms with van der Waals surface area (Å²) >= 11 is 6.26. The van der Waals surface area contributed by atoms with Crippen molar-refractivity contribution in [1.29, 1.82) is 0 Å². The largest absolute Gasteiger partial charge is 0.457 e. The van der Waals surface area contributed by atoms with Crippen LogP contribution in [0.1, 0.15) is 72.0 Å². The number of amides is 4. The minimum absolute atomic E-state index is 0.0701. The number of fused-ring (bicyclic) bond motifs is 2. The molecule has 6 aromatic carbocycles. The SMILES string of the molecule is CC(C)(c1ccc(Oc2ccc3c(c2)C(=O)N(c2nnc(-c4ccc(CO)cc4)o2)C3=O)cc1)c1ccc(Oc2ccc3c(c2)C(=O)N(c2nnc(-c4ccccc4Cl)o2)C3=O)cc1. The Hall–Kier alpha value is -8.27. The Morgan fingerprint density at radius 2 is 0.984 bits per heavy atom. The van der Waals surface area contributed by atoms with Gasteiger partial charge in [0.25, 0.3) is 29.5 Å². The predicted molar refractivity (Wildman–Crippen MR) is 231 cm³/mol. The molecule has 10 rings (SSSR count). The number of carbonyl (C=O) groups excluding carboxylic acids is 4. The second-order valence-corrected chi connectivity index (χ2v) is 15.7. The average molecular weight is 871 g/mol. The fourth-order valence-corrected chi connectivity index (χ4v) is 7.67. The first-order valence-electron chi connectivity index (χ1n) is 19.7. The van der Waals surface area contributed by atoms with Crippen molar-refractivity contribution in [2.45, 2.75) is 25.9 Å². The third kappa shape index (κ3) is 6.94. The first-order valence-corrected chi connectivity index (χ1v) is 20.1. The first-order chi connectivity index (χ1) is 31.0. The van der Waals surface area contributed by atoms with E-state index in [1.807, 2.05) is 48.5 Å². The van der Waals surface area contributed by atoms with E-state index in [1.54, 1.807) is 60.7 Å². The number of hydrogen-bond acceptors (Lipinski definition) is 13. The number of imide groups is 2. The Morgan fingerprint density at radius 3 is 1.48 bits per heavy atom. The van der Waals surface area contributed by atoms with Gasteiger partial charge in [-0.25, -0.2) is 0 Å². The number of carbonyl (C=O) groups is 4. The summed E-state index contributed by atoms with van der Waals surface area (Å²) in [7, 11) is 0. The van der Waals surface area contributed by atoms with Gasteiger partial charge in [0.1, 0.15) is 23.0 Å². The molecule has 0 atom stereocenters. The van der Waals surface area contributed by atoms with Gasteiger partial charge in [0.15, 0.2) is 0 Å². The number of benzene rings is 6. The standard InChI is InChI=1S/C48H31ClN6O9/c1-48(2,29-13-17-31(18-14-29)62-33-20-22-35-38(24-33)45(60)55(43(35)58)47-53-51-41(64-47)36-5-3-4-6-39(36)49)28-11-15-30(16-12-28)61-32-19-21-34-37(23-32)44(59)54(42(34)57)46-52-50-40(63-46)27-9-7-26(25-56)8-10-27/h3-24,56H,25H2,1-2H3. The van der Waals surface area contributed by atoms with Crippen LogP contribution in [0.25, 0.3) is 22.9 Å². The van der Waals surface area contributed by atoms with Gasteiger partial charge in [0.05, 0.1) is 39.4 Å². The Kier molecular flexibility index (Phi) is 9.69. The molecule has 0 aliphatic carbocycles. The normalized spacial score (nSPS) is 13.4. The highest BCUT2D eigenvalue weighted by atomic mass is 35.5. The summed E-state index contributed by atoms with van der Waals surface area (Å²) in [6.07, 6.45) is 0. The molecular formula is C48H31ClN6O9. The van der Waals surface area contributed by atoms with Crippen LogP contribution in [0.15, 0.2) is 142 Å². The van der Waals surface area contributed by atoms with Crippen LogP contribution in [0.2, 0.25) is 5.02 Å². The number of anilines is 2. The number of aliphatic hydroxyl groups excluding tert-OH is 1. The summed E-state index contributed by atoms with van der Waals surface area (Å²) in [6.45, 7) is 4.05. The Balaban J connectivity index is 0.786. The van der Waals surface area contributed by atoms with E-state index < -0.39 is 29.0 Å². The van der Waals surface area contributed by atoms with Crippen molar-refractivity contribution in [2.75, 3.05) is 9.80 Å². The summed E-state index contributed by atoms with van der Waals surface area (Å²) in [4.78, 5) is 55.1. The maximum absolute atomic E-state index is 13.5. The molecule has 0 unspecified atom stereocenters. The Bertz CT molecular complexity index is 3180. The van der Waals surface area contributed by atoms with E-state index in [-0.39, 0.29) is 52.7 Å². The molecule has 2 aliphatic rings. The minimum atomic E-state index is -0.626. The fraction of sp³-hybridized carbons (Fsp3) is 0.0833. The van der Waals surface area contributed by atoms with Crippen molar-refractivity contribution >= 4 is 47.3 Å². The molecule has 0 fully saturated rings. The molecule has 15 nitrogen and oxygen atoms in total. The van der Waals surface area contributed by atoms with Crippen LogP contribution in [0, 0.1) is 0 Å². The van der Waals surface area contributed by atoms with Gasteiger partial charge < -0.3 is 23.4 Å². The van der Waals surface area contributed by atoms with Crippen LogP contribution >= 0.6 is 11.6 Å². The fourth-order valence-electron chi connectivity index (χ4n) is 7.46. The molecular weight excluding hydrogens is 840 g/mol. The van der Waals surface area contributed by atoms with Crippen molar-refractivity contribution in [1.82, 2.24) is 20.4 Å². The van der Waals surface area contributed by atoms with E-state index in [0.717, 1.165) is 20.9 Å². The van der Waals surface area contributed by atoms with E-state index in [1.165, 1.54) is 24.3 Å². The van der Waals surface area contributed by atoms with Gasteiger partial charge in [0, 0.05) is 11.0 Å². The molecule has 16 heteroatoms. The Labute approximate surface area is 368 Å². The highest BCUT2D eigenvalue weighted by Gasteiger charge is 2.42. The summed E-state index contributed by atoms with van der Waals surface area (Å²) in [6, 6.07) is 37.5. The van der Waals surface area contributed by atoms with Crippen molar-refractivity contribution in [3.63, 3.8) is 0 Å². The van der Waals surface area contributed by atoms with E-state index in [4.69, 9.17) is 29.9 Å². The second-order valence-electron chi connectivity index (χ2n) is 15.3. The number of ether oxygens (including phenoxy) is 2. The molecule has 0 spiro atoms. The lowest BCUT2D eigenvalue weighted by molar-refractivity contribution is 0.0902. The number of aliphatic hydroxyl groups is 1. The van der Waals surface area contributed by atoms with Crippen molar-refractivity contribution in [3.8, 4) is 45.9 Å². The molecule has 0 bridgehead atoms. The quantitative estimate of drug-likeness (QED) is 0.121. The number of halogens is 1. The van der Waals surface area contributed by atoms with Gasteiger partial charge in [-0.2, -0.15) is 9.80 Å². The number of hydrogen-bond donors (Lipinski definition) is 1. The molecule has 1 N–H and O–H groups in total. The third-order valence-corrected chi connectivity index (χ3v) is 11.4. The summed E-state index contributed by atoms with van der Waals surface area (Å²) in [5.74, 6) is -0.522. The van der Waals surface area contributed by atoms with Crippen LogP contribution in [0.5, 0.6) is 23.0 Å². The Morgan fingerprint density at radius 1 is 0.531 bits per heavy atom. The zero-order chi connectivity index (χ0) is 44.3. The highest BCUT2D eigenvalue weighted by Crippen LogP contribution is 2.38. The molecule has 2 aromatic heterocycles. The molecule has 2 aliphatic heterocycles. The van der Waals surface area contributed by atoms with Crippen LogP contribution < -0.4 is 19.3 Å². The summed E-state index contributed by atoms with van der Waals surface area (Å²) in [5.41, 5.74) is 3.91. The predicted octanol–water partition coefficient (Wildman–Crippen LogP) is 9.44. The van der Waals surface area contributed by atoms with Crippen LogP contribution in [0.4, 0.5) is 12.0 Å². The maximum atomic E-state index is 13.5. The number of aromatic nitrogens is 4. The van der Waals surface area contributed by atoms with E-state index in [0.29, 0.717) is 44.7 Å². The minimum Gasteiger partial charge on any atom is -0.457 e. The van der Waals surface area contributed by atoms with Gasteiger partial charge in [-0.05, 0) is 102 Å². The van der Waals surface area contributed by atoms with Crippen LogP contribution in [-0.4, -0.2) is 49.1 Å². The zero-order valence-electron chi connectivity index (χ0n) is 33.7. The summed E-state index contributed by atoms with van der Waals surface area (Å²) in [5, 5.41) is 25.6. The van der Waals surface area contributed by atoms with Crippen molar-refractivity contribution in [2.24, 2.45) is 0 Å². The smallest absolute Gasteiger partial charge is 0.332 e. The van der Waals surface area contributed by atoms with Gasteiger partial charge >= 0.3 is 12.0 Å². The third-order valence-electron chi connectivity index (χ3n) is 11.0. The molecule has 4 heterocycles. The molecule has 8 aromatic rings. The number of nitrogens with zero attached hydrogens (tertiary/aromatic N) is 6. The van der Waals surface area contributed by atoms with Crippen LogP contribution in [-0.2, 0) is 12.0 Å². The van der Waals surface area contributed by atoms with Gasteiger partial charge in [-0.1, -0.05) is 84.2 Å². The van der Waals surface area contributed by atoms with Crippen LogP contribution in [0.3, 0.4) is 0 Å².